The average molecular weight is 226 g/mol. The van der Waals surface area contributed by atoms with Crippen molar-refractivity contribution >= 4 is 11.3 Å². The summed E-state index contributed by atoms with van der Waals surface area (Å²) in [5.41, 5.74) is 1.13. The van der Waals surface area contributed by atoms with E-state index in [4.69, 9.17) is 4.74 Å². The van der Waals surface area contributed by atoms with Crippen LogP contribution in [0.3, 0.4) is 0 Å². The van der Waals surface area contributed by atoms with Crippen LogP contribution < -0.4 is 5.32 Å². The number of nitrogens with one attached hydrogen (secondary N) is 1. The molecule has 1 aliphatic heterocycles. The van der Waals surface area contributed by atoms with Crippen molar-refractivity contribution in [3.8, 4) is 0 Å². The van der Waals surface area contributed by atoms with Crippen LogP contribution in [0.4, 0.5) is 0 Å². The smallest absolute Gasteiger partial charge is 0.0900 e. The van der Waals surface area contributed by atoms with Crippen LogP contribution in [0.1, 0.15) is 28.4 Å². The van der Waals surface area contributed by atoms with Crippen LogP contribution >= 0.6 is 11.3 Å². The highest BCUT2D eigenvalue weighted by molar-refractivity contribution is 7.11. The number of aromatic nitrogens is 1. The molecule has 0 aliphatic carbocycles. The van der Waals surface area contributed by atoms with Gasteiger partial charge in [-0.25, -0.2) is 4.98 Å². The molecule has 15 heavy (non-hydrogen) atoms. The quantitative estimate of drug-likeness (QED) is 0.856. The Balaban J connectivity index is 1.84. The second-order valence-electron chi connectivity index (χ2n) is 4.02. The van der Waals surface area contributed by atoms with E-state index in [0.29, 0.717) is 6.10 Å². The van der Waals surface area contributed by atoms with Crippen LogP contribution in [0.15, 0.2) is 0 Å². The van der Waals surface area contributed by atoms with E-state index in [9.17, 15) is 0 Å². The summed E-state index contributed by atoms with van der Waals surface area (Å²) in [6.45, 7) is 6.96. The molecule has 1 saturated heterocycles. The highest BCUT2D eigenvalue weighted by Gasteiger charge is 2.14. The van der Waals surface area contributed by atoms with Crippen LogP contribution in [-0.4, -0.2) is 24.2 Å². The van der Waals surface area contributed by atoms with Crippen molar-refractivity contribution in [1.82, 2.24) is 10.3 Å². The number of thiazole rings is 1. The van der Waals surface area contributed by atoms with Gasteiger partial charge in [-0.15, -0.1) is 11.3 Å². The molecule has 1 unspecified atom stereocenters. The second kappa shape index (κ2) is 5.05. The molecule has 3 nitrogen and oxygen atoms in total. The first-order valence-corrected chi connectivity index (χ1v) is 6.32. The van der Waals surface area contributed by atoms with E-state index in [1.54, 1.807) is 11.3 Å². The van der Waals surface area contributed by atoms with Crippen LogP contribution in [-0.2, 0) is 11.3 Å². The van der Waals surface area contributed by atoms with Gasteiger partial charge in [0.05, 0.1) is 28.3 Å². The number of piperidine rings is 1. The van der Waals surface area contributed by atoms with E-state index in [-0.39, 0.29) is 0 Å². The Bertz CT molecular complexity index is 318. The molecule has 2 rings (SSSR count). The first kappa shape index (κ1) is 11.0. The second-order valence-corrected chi connectivity index (χ2v) is 5.31. The molecule has 0 spiro atoms. The summed E-state index contributed by atoms with van der Waals surface area (Å²) in [7, 11) is 0. The van der Waals surface area contributed by atoms with Gasteiger partial charge in [0.1, 0.15) is 0 Å². The lowest BCUT2D eigenvalue weighted by Gasteiger charge is -2.22. The zero-order valence-electron chi connectivity index (χ0n) is 9.38. The van der Waals surface area contributed by atoms with Gasteiger partial charge in [-0.1, -0.05) is 0 Å². The van der Waals surface area contributed by atoms with Gasteiger partial charge in [0.25, 0.3) is 0 Å². The van der Waals surface area contributed by atoms with E-state index < -0.39 is 0 Å². The van der Waals surface area contributed by atoms with E-state index >= 15 is 0 Å². The molecular formula is C11H18N2OS. The minimum Gasteiger partial charge on any atom is -0.371 e. The minimum atomic E-state index is 0.389. The van der Waals surface area contributed by atoms with E-state index in [1.165, 1.54) is 17.7 Å². The van der Waals surface area contributed by atoms with Crippen molar-refractivity contribution in [3.63, 3.8) is 0 Å². The Morgan fingerprint density at radius 1 is 1.53 bits per heavy atom. The van der Waals surface area contributed by atoms with Crippen LogP contribution in [0.5, 0.6) is 0 Å². The van der Waals surface area contributed by atoms with Crippen molar-refractivity contribution in [2.75, 3.05) is 13.1 Å². The molecule has 1 N–H and O–H groups in total. The molecule has 0 amide bonds. The molecule has 1 aliphatic rings. The van der Waals surface area contributed by atoms with Gasteiger partial charge in [-0.3, -0.25) is 0 Å². The molecule has 0 saturated carbocycles. The van der Waals surface area contributed by atoms with Crippen LogP contribution in [0.25, 0.3) is 0 Å². The monoisotopic (exact) mass is 226 g/mol. The number of aryl methyl sites for hydroxylation is 2. The predicted octanol–water partition coefficient (Wildman–Crippen LogP) is 2.03. The maximum absolute atomic E-state index is 5.87. The van der Waals surface area contributed by atoms with E-state index in [0.717, 1.165) is 30.4 Å². The first-order valence-electron chi connectivity index (χ1n) is 5.51. The number of nitrogens with zero attached hydrogens (tertiary/aromatic N) is 1. The highest BCUT2D eigenvalue weighted by Crippen LogP contribution is 2.19. The Morgan fingerprint density at radius 2 is 2.40 bits per heavy atom. The van der Waals surface area contributed by atoms with Crippen molar-refractivity contribution < 1.29 is 4.74 Å². The fraction of sp³-hybridized carbons (Fsp3) is 0.727. The van der Waals surface area contributed by atoms with Crippen molar-refractivity contribution in [1.29, 1.82) is 0 Å². The summed E-state index contributed by atoms with van der Waals surface area (Å²) >= 11 is 1.75. The molecule has 1 aromatic rings. The molecule has 84 valence electrons. The molecule has 2 heterocycles. The maximum Gasteiger partial charge on any atom is 0.0900 e. The topological polar surface area (TPSA) is 34.1 Å². The lowest BCUT2D eigenvalue weighted by molar-refractivity contribution is 0.0264. The Labute approximate surface area is 94.9 Å². The lowest BCUT2D eigenvalue weighted by Crippen LogP contribution is -2.35. The zero-order chi connectivity index (χ0) is 10.7. The van der Waals surface area contributed by atoms with Gasteiger partial charge in [-0.05, 0) is 33.2 Å². The highest BCUT2D eigenvalue weighted by atomic mass is 32.1. The minimum absolute atomic E-state index is 0.389. The van der Waals surface area contributed by atoms with Gasteiger partial charge in [0, 0.05) is 6.54 Å². The molecular weight excluding hydrogens is 208 g/mol. The molecule has 1 aromatic heterocycles. The number of rotatable bonds is 3. The molecule has 0 aromatic carbocycles. The third-order valence-corrected chi connectivity index (χ3v) is 3.75. The predicted molar refractivity (Wildman–Crippen MR) is 62.3 cm³/mol. The zero-order valence-corrected chi connectivity index (χ0v) is 10.2. The standard InChI is InChI=1S/C11H18N2OS/c1-8-11(15-9(2)13-8)7-14-10-4-3-5-12-6-10/h10,12H,3-7H2,1-2H3. The molecule has 0 bridgehead atoms. The summed E-state index contributed by atoms with van der Waals surface area (Å²) in [5.74, 6) is 0. The Hall–Kier alpha value is -0.450. The summed E-state index contributed by atoms with van der Waals surface area (Å²) in [6, 6.07) is 0. The average Bonchev–Trinajstić information content (AvgIpc) is 2.56. The van der Waals surface area contributed by atoms with Crippen LogP contribution in [0, 0.1) is 13.8 Å². The summed E-state index contributed by atoms with van der Waals surface area (Å²) in [4.78, 5) is 5.67. The first-order chi connectivity index (χ1) is 7.25. The van der Waals surface area contributed by atoms with Crippen molar-refractivity contribution in [2.24, 2.45) is 0 Å². The Kier molecular flexibility index (Phi) is 3.72. The molecule has 1 atom stereocenters. The fourth-order valence-corrected chi connectivity index (χ4v) is 2.72. The van der Waals surface area contributed by atoms with Gasteiger partial charge in [-0.2, -0.15) is 0 Å². The van der Waals surface area contributed by atoms with E-state index in [1.807, 2.05) is 6.92 Å². The molecule has 0 radical (unpaired) electrons. The number of hydrogen-bond donors (Lipinski definition) is 1. The Morgan fingerprint density at radius 3 is 3.00 bits per heavy atom. The maximum atomic E-state index is 5.87. The normalized spacial score (nSPS) is 21.9. The van der Waals surface area contributed by atoms with Crippen molar-refractivity contribution in [2.45, 2.75) is 39.4 Å². The lowest BCUT2D eigenvalue weighted by atomic mass is 10.1. The van der Waals surface area contributed by atoms with Crippen LogP contribution in [0.2, 0.25) is 0 Å². The largest absolute Gasteiger partial charge is 0.371 e. The van der Waals surface area contributed by atoms with Crippen molar-refractivity contribution in [3.05, 3.63) is 15.6 Å². The third kappa shape index (κ3) is 3.00. The number of ether oxygens (including phenoxy) is 1. The van der Waals surface area contributed by atoms with Gasteiger partial charge < -0.3 is 10.1 Å². The molecule has 1 fully saturated rings. The summed E-state index contributed by atoms with van der Waals surface area (Å²) in [5, 5.41) is 4.49. The summed E-state index contributed by atoms with van der Waals surface area (Å²) < 4.78 is 5.87. The molecule has 4 heteroatoms. The van der Waals surface area contributed by atoms with E-state index in [2.05, 4.69) is 17.2 Å². The van der Waals surface area contributed by atoms with Gasteiger partial charge in [0.2, 0.25) is 0 Å². The summed E-state index contributed by atoms with van der Waals surface area (Å²) in [6.07, 6.45) is 2.80. The van der Waals surface area contributed by atoms with Gasteiger partial charge in [0.15, 0.2) is 0 Å². The fourth-order valence-electron chi connectivity index (χ4n) is 1.86. The third-order valence-electron chi connectivity index (χ3n) is 2.70. The SMILES string of the molecule is Cc1nc(C)c(COC2CCCNC2)s1. The van der Waals surface area contributed by atoms with Gasteiger partial charge >= 0.3 is 0 Å². The number of hydrogen-bond acceptors (Lipinski definition) is 4.